The largest absolute Gasteiger partial charge is 0.494 e. The molecular formula is C16H21FO3. The van der Waals surface area contributed by atoms with Gasteiger partial charge in [0.05, 0.1) is 7.11 Å². The third-order valence-corrected chi connectivity index (χ3v) is 4.17. The molecule has 2 rings (SSSR count). The average molecular weight is 280 g/mol. The monoisotopic (exact) mass is 280 g/mol. The molecule has 20 heavy (non-hydrogen) atoms. The number of carbonyl (C=O) groups excluding carboxylic acids is 1. The summed E-state index contributed by atoms with van der Waals surface area (Å²) in [5.41, 5.74) is -0.357. The van der Waals surface area contributed by atoms with Gasteiger partial charge in [-0.3, -0.25) is 4.79 Å². The Hall–Kier alpha value is -1.42. The fraction of sp³-hybridized carbons (Fsp3) is 0.562. The molecule has 1 saturated carbocycles. The van der Waals surface area contributed by atoms with Crippen LogP contribution in [0.4, 0.5) is 4.39 Å². The molecule has 0 aromatic heterocycles. The number of rotatable bonds is 5. The molecular weight excluding hydrogens is 259 g/mol. The summed E-state index contributed by atoms with van der Waals surface area (Å²) < 4.78 is 24.6. The van der Waals surface area contributed by atoms with Gasteiger partial charge in [0, 0.05) is 13.5 Å². The van der Waals surface area contributed by atoms with Crippen molar-refractivity contribution in [1.29, 1.82) is 0 Å². The van der Waals surface area contributed by atoms with Crippen molar-refractivity contribution in [3.8, 4) is 5.75 Å². The Morgan fingerprint density at radius 1 is 1.25 bits per heavy atom. The van der Waals surface area contributed by atoms with E-state index < -0.39 is 11.4 Å². The zero-order valence-electron chi connectivity index (χ0n) is 12.1. The van der Waals surface area contributed by atoms with Crippen LogP contribution in [0.25, 0.3) is 0 Å². The van der Waals surface area contributed by atoms with E-state index in [2.05, 4.69) is 0 Å². The van der Waals surface area contributed by atoms with E-state index in [-0.39, 0.29) is 18.0 Å². The van der Waals surface area contributed by atoms with Crippen LogP contribution in [0.15, 0.2) is 18.2 Å². The molecule has 0 radical (unpaired) electrons. The molecule has 0 heterocycles. The Bertz CT molecular complexity index is 479. The van der Waals surface area contributed by atoms with Gasteiger partial charge in [-0.1, -0.05) is 31.4 Å². The topological polar surface area (TPSA) is 35.5 Å². The van der Waals surface area contributed by atoms with Crippen molar-refractivity contribution >= 4 is 5.78 Å². The minimum Gasteiger partial charge on any atom is -0.494 e. The molecule has 1 aromatic carbocycles. The molecule has 0 spiro atoms. The highest BCUT2D eigenvalue weighted by atomic mass is 19.1. The summed E-state index contributed by atoms with van der Waals surface area (Å²) in [6.07, 6.45) is 4.62. The van der Waals surface area contributed by atoms with Gasteiger partial charge in [0.2, 0.25) is 0 Å². The van der Waals surface area contributed by atoms with E-state index >= 15 is 0 Å². The zero-order chi connectivity index (χ0) is 14.6. The van der Waals surface area contributed by atoms with E-state index in [4.69, 9.17) is 9.47 Å². The number of benzene rings is 1. The molecule has 0 N–H and O–H groups in total. The summed E-state index contributed by atoms with van der Waals surface area (Å²) in [4.78, 5) is 12.5. The fourth-order valence-corrected chi connectivity index (χ4v) is 2.90. The highest BCUT2D eigenvalue weighted by Crippen LogP contribution is 2.33. The van der Waals surface area contributed by atoms with Gasteiger partial charge in [-0.15, -0.1) is 0 Å². The maximum Gasteiger partial charge on any atom is 0.169 e. The lowest BCUT2D eigenvalue weighted by atomic mass is 9.79. The summed E-state index contributed by atoms with van der Waals surface area (Å²) >= 11 is 0. The molecule has 0 bridgehead atoms. The highest BCUT2D eigenvalue weighted by molar-refractivity contribution is 5.89. The van der Waals surface area contributed by atoms with Gasteiger partial charge in [-0.2, -0.15) is 0 Å². The van der Waals surface area contributed by atoms with Crippen molar-refractivity contribution in [2.75, 3.05) is 14.2 Å². The predicted molar refractivity (Wildman–Crippen MR) is 74.5 cm³/mol. The van der Waals surface area contributed by atoms with Crippen molar-refractivity contribution in [1.82, 2.24) is 0 Å². The summed E-state index contributed by atoms with van der Waals surface area (Å²) in [6, 6.07) is 4.88. The molecule has 0 amide bonds. The van der Waals surface area contributed by atoms with Crippen LogP contribution in [0.1, 0.15) is 37.7 Å². The molecule has 3 nitrogen and oxygen atoms in total. The predicted octanol–water partition coefficient (Wildman–Crippen LogP) is 3.30. The van der Waals surface area contributed by atoms with Gasteiger partial charge in [0.1, 0.15) is 5.60 Å². The second kappa shape index (κ2) is 6.35. The smallest absolute Gasteiger partial charge is 0.169 e. The van der Waals surface area contributed by atoms with E-state index in [0.717, 1.165) is 32.1 Å². The van der Waals surface area contributed by atoms with Crippen molar-refractivity contribution in [2.45, 2.75) is 44.1 Å². The molecule has 4 heteroatoms. The van der Waals surface area contributed by atoms with Gasteiger partial charge in [-0.25, -0.2) is 4.39 Å². The van der Waals surface area contributed by atoms with Crippen LogP contribution < -0.4 is 4.74 Å². The highest BCUT2D eigenvalue weighted by Gasteiger charge is 2.39. The normalized spacial score (nSPS) is 17.8. The van der Waals surface area contributed by atoms with E-state index in [0.29, 0.717) is 5.56 Å². The van der Waals surface area contributed by atoms with E-state index in [1.165, 1.54) is 7.11 Å². The van der Waals surface area contributed by atoms with Crippen LogP contribution in [0.5, 0.6) is 5.75 Å². The second-order valence-electron chi connectivity index (χ2n) is 5.29. The Morgan fingerprint density at radius 3 is 2.55 bits per heavy atom. The lowest BCUT2D eigenvalue weighted by Gasteiger charge is -2.34. The molecule has 0 saturated heterocycles. The van der Waals surface area contributed by atoms with Crippen LogP contribution in [-0.4, -0.2) is 25.6 Å². The van der Waals surface area contributed by atoms with Gasteiger partial charge in [0.25, 0.3) is 0 Å². The standard InChI is InChI=1S/C16H21FO3/c1-19-13-8-6-7-12(15(13)17)11-14(18)16(20-2)9-4-3-5-10-16/h6-8H,3-5,9-11H2,1-2H3. The van der Waals surface area contributed by atoms with Crippen molar-refractivity contribution in [3.63, 3.8) is 0 Å². The van der Waals surface area contributed by atoms with Crippen molar-refractivity contribution in [2.24, 2.45) is 0 Å². The Kier molecular flexibility index (Phi) is 4.76. The number of Topliss-reactive ketones (excluding diaryl/α,β-unsaturated/α-hetero) is 1. The first-order valence-electron chi connectivity index (χ1n) is 7.03. The van der Waals surface area contributed by atoms with Crippen LogP contribution in [0.2, 0.25) is 0 Å². The quantitative estimate of drug-likeness (QED) is 0.830. The maximum atomic E-state index is 14.1. The summed E-state index contributed by atoms with van der Waals surface area (Å²) in [7, 11) is 2.99. The number of halogens is 1. The molecule has 0 atom stereocenters. The maximum absolute atomic E-state index is 14.1. The third kappa shape index (κ3) is 2.85. The molecule has 1 fully saturated rings. The summed E-state index contributed by atoms with van der Waals surface area (Å²) in [6.45, 7) is 0. The van der Waals surface area contributed by atoms with Gasteiger partial charge >= 0.3 is 0 Å². The Balaban J connectivity index is 2.18. The average Bonchev–Trinajstić information content (AvgIpc) is 2.50. The van der Waals surface area contributed by atoms with Gasteiger partial charge < -0.3 is 9.47 Å². The number of methoxy groups -OCH3 is 2. The van der Waals surface area contributed by atoms with Crippen LogP contribution in [0.3, 0.4) is 0 Å². The van der Waals surface area contributed by atoms with Crippen molar-refractivity contribution < 1.29 is 18.7 Å². The SMILES string of the molecule is COc1cccc(CC(=O)C2(OC)CCCCC2)c1F. The first-order chi connectivity index (χ1) is 9.63. The van der Waals surface area contributed by atoms with E-state index in [1.807, 2.05) is 0 Å². The fourth-order valence-electron chi connectivity index (χ4n) is 2.90. The third-order valence-electron chi connectivity index (χ3n) is 4.17. The first kappa shape index (κ1) is 15.0. The minimum atomic E-state index is -0.728. The summed E-state index contributed by atoms with van der Waals surface area (Å²) in [5, 5.41) is 0. The molecule has 1 aliphatic rings. The lowest BCUT2D eigenvalue weighted by Crippen LogP contribution is -2.43. The number of ketones is 1. The molecule has 0 aliphatic heterocycles. The first-order valence-corrected chi connectivity index (χ1v) is 7.03. The molecule has 0 unspecified atom stereocenters. The molecule has 110 valence electrons. The second-order valence-corrected chi connectivity index (χ2v) is 5.29. The van der Waals surface area contributed by atoms with E-state index in [1.54, 1.807) is 25.3 Å². The minimum absolute atomic E-state index is 0.0353. The lowest BCUT2D eigenvalue weighted by molar-refractivity contribution is -0.144. The number of ether oxygens (including phenoxy) is 2. The van der Waals surface area contributed by atoms with Crippen LogP contribution >= 0.6 is 0 Å². The van der Waals surface area contributed by atoms with Crippen molar-refractivity contribution in [3.05, 3.63) is 29.6 Å². The van der Waals surface area contributed by atoms with Gasteiger partial charge in [-0.05, 0) is 24.5 Å². The van der Waals surface area contributed by atoms with Crippen LogP contribution in [-0.2, 0) is 16.0 Å². The molecule has 1 aliphatic carbocycles. The number of hydrogen-bond donors (Lipinski definition) is 0. The van der Waals surface area contributed by atoms with E-state index in [9.17, 15) is 9.18 Å². The number of carbonyl (C=O) groups is 1. The zero-order valence-corrected chi connectivity index (χ0v) is 12.1. The number of hydrogen-bond acceptors (Lipinski definition) is 3. The van der Waals surface area contributed by atoms with Gasteiger partial charge in [0.15, 0.2) is 17.3 Å². The Labute approximate surface area is 119 Å². The summed E-state index contributed by atoms with van der Waals surface area (Å²) in [5.74, 6) is -0.317. The van der Waals surface area contributed by atoms with Crippen LogP contribution in [0, 0.1) is 5.82 Å². The molecule has 1 aromatic rings. The Morgan fingerprint density at radius 2 is 1.95 bits per heavy atom.